The minimum Gasteiger partial charge on any atom is -0.496 e. The third kappa shape index (κ3) is 4.78. The summed E-state index contributed by atoms with van der Waals surface area (Å²) in [6.07, 6.45) is 2.87. The zero-order chi connectivity index (χ0) is 21.7. The van der Waals surface area contributed by atoms with Crippen molar-refractivity contribution in [3.8, 4) is 11.5 Å². The van der Waals surface area contributed by atoms with Gasteiger partial charge in [0.05, 0.1) is 14.2 Å². The first-order valence-corrected chi connectivity index (χ1v) is 9.93. The Morgan fingerprint density at radius 3 is 2.31 bits per heavy atom. The topological polar surface area (TPSA) is 75.4 Å². The third-order valence-corrected chi connectivity index (χ3v) is 5.46. The number of hydrazine groups is 1. The van der Waals surface area contributed by atoms with Gasteiger partial charge in [0.15, 0.2) is 0 Å². The molecule has 0 saturated carbocycles. The highest BCUT2D eigenvalue weighted by Crippen LogP contribution is 2.34. The fourth-order valence-corrected chi connectivity index (χ4v) is 3.95. The summed E-state index contributed by atoms with van der Waals surface area (Å²) in [4.78, 5) is 0.879. The van der Waals surface area contributed by atoms with Crippen LogP contribution >= 0.6 is 12.2 Å². The molecule has 0 aliphatic carbocycles. The summed E-state index contributed by atoms with van der Waals surface area (Å²) in [5, 5.41) is 1.28. The molecule has 2 aromatic carbocycles. The number of nitrogens with two attached hydrogens (primary N) is 2. The molecule has 5 nitrogen and oxygen atoms in total. The van der Waals surface area contributed by atoms with Crippen LogP contribution in [-0.4, -0.2) is 23.7 Å². The van der Waals surface area contributed by atoms with E-state index in [0.29, 0.717) is 12.3 Å². The molecule has 3 rings (SSSR count). The van der Waals surface area contributed by atoms with Crippen molar-refractivity contribution in [1.82, 2.24) is 4.57 Å². The van der Waals surface area contributed by atoms with Gasteiger partial charge in [-0.25, -0.2) is 0 Å². The lowest BCUT2D eigenvalue weighted by Gasteiger charge is -2.17. The second kappa shape index (κ2) is 9.87. The second-order valence-electron chi connectivity index (χ2n) is 7.32. The predicted molar refractivity (Wildman–Crippen MR) is 125 cm³/mol. The summed E-state index contributed by atoms with van der Waals surface area (Å²) in [7, 11) is 5.45. The smallest absolute Gasteiger partial charge is 0.130 e. The van der Waals surface area contributed by atoms with Gasteiger partial charge in [0, 0.05) is 47.1 Å². The zero-order valence-electron chi connectivity index (χ0n) is 18.1. The van der Waals surface area contributed by atoms with E-state index in [0.717, 1.165) is 27.5 Å². The van der Waals surface area contributed by atoms with Crippen LogP contribution in [0.3, 0.4) is 0 Å². The molecule has 0 unspecified atom stereocenters. The molecule has 0 fully saturated rings. The van der Waals surface area contributed by atoms with Crippen LogP contribution in [0, 0.1) is 6.92 Å². The van der Waals surface area contributed by atoms with Crippen LogP contribution in [0.15, 0.2) is 36.5 Å². The van der Waals surface area contributed by atoms with Crippen LogP contribution in [0.4, 0.5) is 0 Å². The van der Waals surface area contributed by atoms with Crippen molar-refractivity contribution in [3.63, 3.8) is 0 Å². The molecule has 0 amide bonds. The van der Waals surface area contributed by atoms with Gasteiger partial charge in [0.2, 0.25) is 0 Å². The fourth-order valence-electron chi connectivity index (χ4n) is 3.62. The van der Waals surface area contributed by atoms with Crippen molar-refractivity contribution in [2.75, 3.05) is 14.2 Å². The number of hydrogen-bond acceptors (Lipinski definition) is 5. The first kappa shape index (κ1) is 22.9. The first-order chi connectivity index (χ1) is 13.8. The lowest BCUT2D eigenvalue weighted by atomic mass is 9.95. The maximum absolute atomic E-state index is 5.82. The second-order valence-corrected chi connectivity index (χ2v) is 7.82. The molecule has 6 heteroatoms. The molecule has 0 aliphatic heterocycles. The number of aryl methyl sites for hydroxylation is 2. The van der Waals surface area contributed by atoms with Crippen molar-refractivity contribution in [2.45, 2.75) is 33.1 Å². The van der Waals surface area contributed by atoms with Crippen molar-refractivity contribution in [2.24, 2.45) is 18.7 Å². The van der Waals surface area contributed by atoms with Crippen molar-refractivity contribution in [3.05, 3.63) is 58.8 Å². The Kier molecular flexibility index (Phi) is 7.79. The normalized spacial score (nSPS) is 10.7. The van der Waals surface area contributed by atoms with E-state index >= 15 is 0 Å². The van der Waals surface area contributed by atoms with Crippen molar-refractivity contribution in [1.29, 1.82) is 0 Å². The first-order valence-electron chi connectivity index (χ1n) is 9.52. The van der Waals surface area contributed by atoms with E-state index in [1.165, 1.54) is 22.0 Å². The van der Waals surface area contributed by atoms with E-state index in [9.17, 15) is 0 Å². The highest BCUT2D eigenvalue weighted by molar-refractivity contribution is 7.80. The van der Waals surface area contributed by atoms with E-state index in [1.807, 2.05) is 6.07 Å². The maximum Gasteiger partial charge on any atom is 0.130 e. The van der Waals surface area contributed by atoms with Gasteiger partial charge in [-0.05, 0) is 47.7 Å². The van der Waals surface area contributed by atoms with Crippen molar-refractivity contribution < 1.29 is 9.47 Å². The third-order valence-electron chi connectivity index (χ3n) is 5.09. The Hall–Kier alpha value is -2.41. The van der Waals surface area contributed by atoms with Crippen molar-refractivity contribution >= 4 is 28.0 Å². The minimum atomic E-state index is 0.343. The molecule has 29 heavy (non-hydrogen) atoms. The van der Waals surface area contributed by atoms with Gasteiger partial charge in [-0.3, -0.25) is 11.7 Å². The highest BCUT2D eigenvalue weighted by atomic mass is 32.1. The number of thiocarbonyl (C=S) groups is 1. The SMILES string of the molecule is COc1cc(OC)c(C(C)C)cc1C(=S)Cc1ccc2c(c1)c(C)cn2C.NN. The van der Waals surface area contributed by atoms with E-state index in [-0.39, 0.29) is 0 Å². The Labute approximate surface area is 178 Å². The van der Waals surface area contributed by atoms with Gasteiger partial charge in [-0.1, -0.05) is 32.1 Å². The summed E-state index contributed by atoms with van der Waals surface area (Å²) in [6, 6.07) is 10.6. The lowest BCUT2D eigenvalue weighted by Crippen LogP contribution is -2.07. The minimum absolute atomic E-state index is 0.343. The van der Waals surface area contributed by atoms with Crippen LogP contribution < -0.4 is 21.2 Å². The van der Waals surface area contributed by atoms with Gasteiger partial charge < -0.3 is 14.0 Å². The molecule has 0 saturated heterocycles. The van der Waals surface area contributed by atoms with E-state index in [2.05, 4.69) is 74.5 Å². The number of ether oxygens (including phenoxy) is 2. The molecule has 0 bridgehead atoms. The van der Waals surface area contributed by atoms with Crippen LogP contribution in [0.1, 0.15) is 42.0 Å². The van der Waals surface area contributed by atoms with E-state index in [1.54, 1.807) is 14.2 Å². The van der Waals surface area contributed by atoms with Crippen LogP contribution in [0.2, 0.25) is 0 Å². The average molecular weight is 414 g/mol. The quantitative estimate of drug-likeness (QED) is 0.271. The summed E-state index contributed by atoms with van der Waals surface area (Å²) in [5.41, 5.74) is 5.85. The number of hydrogen-bond donors (Lipinski definition) is 2. The van der Waals surface area contributed by atoms with Crippen LogP contribution in [0.5, 0.6) is 11.5 Å². The highest BCUT2D eigenvalue weighted by Gasteiger charge is 2.17. The van der Waals surface area contributed by atoms with Gasteiger partial charge in [-0.2, -0.15) is 0 Å². The summed E-state index contributed by atoms with van der Waals surface area (Å²) < 4.78 is 13.3. The number of aromatic nitrogens is 1. The number of fused-ring (bicyclic) bond motifs is 1. The molecule has 0 spiro atoms. The van der Waals surface area contributed by atoms with E-state index in [4.69, 9.17) is 21.7 Å². The summed E-state index contributed by atoms with van der Waals surface area (Å²) >= 11 is 5.82. The molecular weight excluding hydrogens is 382 g/mol. The standard InChI is InChI=1S/C23H27NO2S.H4N2/c1-14(2)17-11-19(22(26-6)12-21(17)25-5)23(27)10-16-7-8-20-18(9-16)15(3)13-24(20)4;1-2/h7-9,11-14H,10H2,1-6H3;1-2H2. The number of nitrogens with zero attached hydrogens (tertiary/aromatic N) is 1. The van der Waals surface area contributed by atoms with Crippen LogP contribution in [0.25, 0.3) is 10.9 Å². The molecule has 1 heterocycles. The number of benzene rings is 2. The molecule has 3 aromatic rings. The molecule has 0 atom stereocenters. The Bertz CT molecular complexity index is 1010. The predicted octanol–water partition coefficient (Wildman–Crippen LogP) is 4.41. The fraction of sp³-hybridized carbons (Fsp3) is 0.348. The zero-order valence-corrected chi connectivity index (χ0v) is 18.9. The Morgan fingerprint density at radius 1 is 1.07 bits per heavy atom. The van der Waals surface area contributed by atoms with Gasteiger partial charge in [0.25, 0.3) is 0 Å². The summed E-state index contributed by atoms with van der Waals surface area (Å²) in [6.45, 7) is 6.46. The maximum atomic E-state index is 5.82. The molecule has 4 N–H and O–H groups in total. The number of methoxy groups -OCH3 is 2. The monoisotopic (exact) mass is 413 g/mol. The molecule has 0 aliphatic rings. The van der Waals surface area contributed by atoms with Gasteiger partial charge in [-0.15, -0.1) is 0 Å². The molecular formula is C23H31N3O2S. The van der Waals surface area contributed by atoms with E-state index < -0.39 is 0 Å². The lowest BCUT2D eigenvalue weighted by molar-refractivity contribution is 0.389. The Balaban J connectivity index is 0.00000145. The molecule has 156 valence electrons. The van der Waals surface area contributed by atoms with Crippen LogP contribution in [-0.2, 0) is 13.5 Å². The van der Waals surface area contributed by atoms with Gasteiger partial charge >= 0.3 is 0 Å². The largest absolute Gasteiger partial charge is 0.496 e. The Morgan fingerprint density at radius 2 is 1.72 bits per heavy atom. The van der Waals surface area contributed by atoms with Gasteiger partial charge in [0.1, 0.15) is 11.5 Å². The number of rotatable bonds is 6. The molecule has 0 radical (unpaired) electrons. The summed E-state index contributed by atoms with van der Waals surface area (Å²) in [5.74, 6) is 9.95. The molecule has 1 aromatic heterocycles. The average Bonchev–Trinajstić information content (AvgIpc) is 3.01.